The van der Waals surface area contributed by atoms with Crippen LogP contribution in [0.4, 0.5) is 13.2 Å². The molecule has 0 fully saturated rings. The monoisotopic (exact) mass is 387 g/mol. The maximum Gasteiger partial charge on any atom is 0.416 e. The zero-order valence-corrected chi connectivity index (χ0v) is 15.5. The van der Waals surface area contributed by atoms with E-state index < -0.39 is 23.6 Å². The molecule has 0 spiro atoms. The van der Waals surface area contributed by atoms with Gasteiger partial charge in [0.25, 0.3) is 0 Å². The molecule has 6 heteroatoms. The van der Waals surface area contributed by atoms with E-state index in [1.807, 2.05) is 30.3 Å². The van der Waals surface area contributed by atoms with Crippen LogP contribution in [0.25, 0.3) is 5.57 Å². The zero-order valence-electron chi connectivity index (χ0n) is 15.5. The quantitative estimate of drug-likeness (QED) is 0.725. The Bertz CT molecular complexity index is 900. The van der Waals surface area contributed by atoms with Gasteiger partial charge >= 0.3 is 6.18 Å². The molecular formula is C22H20F3NO2. The van der Waals surface area contributed by atoms with Crippen molar-refractivity contribution in [3.8, 4) is 0 Å². The second-order valence-electron chi connectivity index (χ2n) is 7.08. The van der Waals surface area contributed by atoms with E-state index in [2.05, 4.69) is 0 Å². The Morgan fingerprint density at radius 3 is 2.14 bits per heavy atom. The van der Waals surface area contributed by atoms with Crippen LogP contribution in [0.15, 0.2) is 60.7 Å². The number of benzene rings is 2. The summed E-state index contributed by atoms with van der Waals surface area (Å²) in [4.78, 5) is 26.8. The summed E-state index contributed by atoms with van der Waals surface area (Å²) in [7, 11) is 3.13. The van der Waals surface area contributed by atoms with Gasteiger partial charge in [0.1, 0.15) is 5.92 Å². The fourth-order valence-corrected chi connectivity index (χ4v) is 3.53. The number of carbonyl (C=O) groups is 2. The van der Waals surface area contributed by atoms with E-state index in [1.165, 1.54) is 23.1 Å². The molecule has 0 bridgehead atoms. The number of nitrogens with zero attached hydrogens (tertiary/aromatic N) is 1. The summed E-state index contributed by atoms with van der Waals surface area (Å²) >= 11 is 0. The molecule has 2 unspecified atom stereocenters. The first kappa shape index (κ1) is 19.9. The third kappa shape index (κ3) is 4.01. The summed E-state index contributed by atoms with van der Waals surface area (Å²) in [5.41, 5.74) is 1.43. The molecule has 0 saturated carbocycles. The minimum Gasteiger partial charge on any atom is -0.348 e. The largest absolute Gasteiger partial charge is 0.416 e. The molecule has 2 aromatic carbocycles. The first-order valence-electron chi connectivity index (χ1n) is 8.86. The fourth-order valence-electron chi connectivity index (χ4n) is 3.53. The molecule has 2 aromatic rings. The minimum absolute atomic E-state index is 0.325. The van der Waals surface area contributed by atoms with Crippen molar-refractivity contribution in [2.45, 2.75) is 18.5 Å². The number of hydrogen-bond donors (Lipinski definition) is 0. The Balaban J connectivity index is 2.03. The Kier molecular flexibility index (Phi) is 5.40. The molecule has 28 heavy (non-hydrogen) atoms. The Labute approximate surface area is 161 Å². The number of allylic oxidation sites excluding steroid dienone is 2. The molecule has 3 rings (SSSR count). The normalized spacial score (nSPS) is 19.9. The summed E-state index contributed by atoms with van der Waals surface area (Å²) < 4.78 is 38.7. The molecule has 1 amide bonds. The second-order valence-corrected chi connectivity index (χ2v) is 7.08. The summed E-state index contributed by atoms with van der Waals surface area (Å²) in [6.45, 7) is 0. The number of alkyl halides is 3. The number of halogens is 3. The third-order valence-corrected chi connectivity index (χ3v) is 4.98. The van der Waals surface area contributed by atoms with Crippen LogP contribution < -0.4 is 0 Å². The minimum atomic E-state index is -4.44. The maximum absolute atomic E-state index is 12.9. The molecule has 0 N–H and O–H groups in total. The van der Waals surface area contributed by atoms with Crippen molar-refractivity contribution in [1.82, 2.24) is 4.90 Å². The van der Waals surface area contributed by atoms with Crippen molar-refractivity contribution in [1.29, 1.82) is 0 Å². The van der Waals surface area contributed by atoms with Crippen LogP contribution >= 0.6 is 0 Å². The Hall–Kier alpha value is -2.89. The summed E-state index contributed by atoms with van der Waals surface area (Å²) in [5.74, 6) is -2.14. The molecule has 2 atom stereocenters. The molecule has 1 aliphatic rings. The van der Waals surface area contributed by atoms with Gasteiger partial charge in [-0.25, -0.2) is 0 Å². The van der Waals surface area contributed by atoms with Crippen LogP contribution in [-0.2, 0) is 15.8 Å². The smallest absolute Gasteiger partial charge is 0.348 e. The highest BCUT2D eigenvalue weighted by atomic mass is 19.4. The molecule has 146 valence electrons. The van der Waals surface area contributed by atoms with E-state index in [1.54, 1.807) is 14.1 Å². The van der Waals surface area contributed by atoms with Crippen LogP contribution in [0, 0.1) is 5.92 Å². The first-order chi connectivity index (χ1) is 13.2. The molecule has 0 saturated heterocycles. The van der Waals surface area contributed by atoms with Crippen LogP contribution in [-0.4, -0.2) is 30.7 Å². The van der Waals surface area contributed by atoms with E-state index in [0.717, 1.165) is 23.3 Å². The van der Waals surface area contributed by atoms with Crippen LogP contribution in [0.2, 0.25) is 0 Å². The van der Waals surface area contributed by atoms with Gasteiger partial charge in [0.2, 0.25) is 5.91 Å². The summed E-state index contributed by atoms with van der Waals surface area (Å²) in [6.07, 6.45) is -2.55. The van der Waals surface area contributed by atoms with E-state index >= 15 is 0 Å². The number of carbonyl (C=O) groups excluding carboxylic acids is 2. The predicted octanol–water partition coefficient (Wildman–Crippen LogP) is 4.55. The van der Waals surface area contributed by atoms with Crippen LogP contribution in [0.3, 0.4) is 0 Å². The summed E-state index contributed by atoms with van der Waals surface area (Å²) in [5, 5.41) is 0. The maximum atomic E-state index is 12.9. The number of hydrogen-bond acceptors (Lipinski definition) is 2. The van der Waals surface area contributed by atoms with Crippen molar-refractivity contribution in [3.63, 3.8) is 0 Å². The molecule has 0 radical (unpaired) electrons. The third-order valence-electron chi connectivity index (χ3n) is 4.98. The van der Waals surface area contributed by atoms with Gasteiger partial charge < -0.3 is 4.90 Å². The molecular weight excluding hydrogens is 367 g/mol. The predicted molar refractivity (Wildman–Crippen MR) is 100 cm³/mol. The highest BCUT2D eigenvalue weighted by Crippen LogP contribution is 2.41. The van der Waals surface area contributed by atoms with Crippen LogP contribution in [0.5, 0.6) is 0 Å². The Morgan fingerprint density at radius 2 is 1.61 bits per heavy atom. The number of ketones is 1. The van der Waals surface area contributed by atoms with Gasteiger partial charge in [-0.2, -0.15) is 13.2 Å². The van der Waals surface area contributed by atoms with E-state index in [-0.39, 0.29) is 11.7 Å². The van der Waals surface area contributed by atoms with Crippen molar-refractivity contribution in [3.05, 3.63) is 77.4 Å². The van der Waals surface area contributed by atoms with E-state index in [4.69, 9.17) is 0 Å². The lowest BCUT2D eigenvalue weighted by molar-refractivity contribution is -0.139. The van der Waals surface area contributed by atoms with Gasteiger partial charge in [-0.1, -0.05) is 42.5 Å². The molecule has 1 aliphatic carbocycles. The lowest BCUT2D eigenvalue weighted by Gasteiger charge is -2.31. The first-order valence-corrected chi connectivity index (χ1v) is 8.86. The van der Waals surface area contributed by atoms with E-state index in [0.29, 0.717) is 12.0 Å². The highest BCUT2D eigenvalue weighted by Gasteiger charge is 2.40. The average Bonchev–Trinajstić information content (AvgIpc) is 2.67. The lowest BCUT2D eigenvalue weighted by Crippen LogP contribution is -2.39. The standard InChI is InChI=1S/C22H20F3NO2/c1-26(2)21(28)20-18(15-8-10-17(11-9-15)22(23,24)25)12-16(13-19(20)27)14-6-4-3-5-7-14/h3-11,13,18,20H,12H2,1-2H3. The van der Waals surface area contributed by atoms with Crippen molar-refractivity contribution < 1.29 is 22.8 Å². The summed E-state index contributed by atoms with van der Waals surface area (Å²) in [6, 6.07) is 14.0. The van der Waals surface area contributed by atoms with Gasteiger partial charge in [-0.15, -0.1) is 0 Å². The van der Waals surface area contributed by atoms with Crippen molar-refractivity contribution in [2.24, 2.45) is 5.92 Å². The highest BCUT2D eigenvalue weighted by molar-refractivity contribution is 6.11. The topological polar surface area (TPSA) is 37.4 Å². The molecule has 0 aromatic heterocycles. The van der Waals surface area contributed by atoms with Gasteiger partial charge in [0.05, 0.1) is 5.56 Å². The molecule has 0 aliphatic heterocycles. The number of amides is 1. The zero-order chi connectivity index (χ0) is 20.5. The van der Waals surface area contributed by atoms with Gasteiger partial charge in [-0.3, -0.25) is 9.59 Å². The van der Waals surface area contributed by atoms with Gasteiger partial charge in [0, 0.05) is 20.0 Å². The van der Waals surface area contributed by atoms with Gasteiger partial charge in [-0.05, 0) is 41.3 Å². The molecule has 0 heterocycles. The Morgan fingerprint density at radius 1 is 1.00 bits per heavy atom. The SMILES string of the molecule is CN(C)C(=O)C1C(=O)C=C(c2ccccc2)CC1c1ccc(C(F)(F)F)cc1. The second kappa shape index (κ2) is 7.62. The van der Waals surface area contributed by atoms with Crippen LogP contribution in [0.1, 0.15) is 29.0 Å². The fraction of sp³-hybridized carbons (Fsp3) is 0.273. The number of rotatable bonds is 3. The van der Waals surface area contributed by atoms with Gasteiger partial charge in [0.15, 0.2) is 5.78 Å². The van der Waals surface area contributed by atoms with E-state index in [9.17, 15) is 22.8 Å². The molecule has 3 nitrogen and oxygen atoms in total. The lowest BCUT2D eigenvalue weighted by atomic mass is 9.73. The van der Waals surface area contributed by atoms with Crippen molar-refractivity contribution in [2.75, 3.05) is 14.1 Å². The average molecular weight is 387 g/mol. The van der Waals surface area contributed by atoms with Crippen molar-refractivity contribution >= 4 is 17.3 Å².